The van der Waals surface area contributed by atoms with Crippen LogP contribution in [0.1, 0.15) is 15.2 Å². The van der Waals surface area contributed by atoms with Crippen LogP contribution in [0.4, 0.5) is 0 Å². The molecular weight excluding hydrogens is 422 g/mol. The van der Waals surface area contributed by atoms with Crippen LogP contribution in [-0.2, 0) is 13.6 Å². The zero-order valence-electron chi connectivity index (χ0n) is 18.2. The van der Waals surface area contributed by atoms with Gasteiger partial charge in [0.1, 0.15) is 5.75 Å². The van der Waals surface area contributed by atoms with E-state index in [1.165, 1.54) is 4.88 Å². The van der Waals surface area contributed by atoms with Gasteiger partial charge >= 0.3 is 0 Å². The minimum Gasteiger partial charge on any atom is -0.497 e. The molecule has 5 rings (SSSR count). The molecule has 1 aliphatic rings. The molecule has 1 saturated heterocycles. The number of hydrogen-bond acceptors (Lipinski definition) is 6. The first-order valence-electron chi connectivity index (χ1n) is 10.6. The highest BCUT2D eigenvalue weighted by Gasteiger charge is 2.25. The number of rotatable bonds is 5. The zero-order valence-corrected chi connectivity index (χ0v) is 19.0. The van der Waals surface area contributed by atoms with Crippen LogP contribution in [-0.4, -0.2) is 63.8 Å². The second-order valence-corrected chi connectivity index (χ2v) is 8.97. The molecule has 4 aromatic rings. The molecule has 1 aromatic carbocycles. The van der Waals surface area contributed by atoms with E-state index in [0.717, 1.165) is 42.0 Å². The van der Waals surface area contributed by atoms with E-state index < -0.39 is 0 Å². The van der Waals surface area contributed by atoms with Gasteiger partial charge in [0.25, 0.3) is 5.91 Å². The van der Waals surface area contributed by atoms with Gasteiger partial charge in [-0.05, 0) is 41.8 Å². The summed E-state index contributed by atoms with van der Waals surface area (Å²) in [4.78, 5) is 24.1. The Morgan fingerprint density at radius 2 is 1.91 bits per heavy atom. The van der Waals surface area contributed by atoms with Gasteiger partial charge in [-0.25, -0.2) is 4.98 Å². The van der Waals surface area contributed by atoms with Gasteiger partial charge in [-0.1, -0.05) is 6.07 Å². The van der Waals surface area contributed by atoms with Gasteiger partial charge in [0.05, 0.1) is 30.0 Å². The predicted octanol–water partition coefficient (Wildman–Crippen LogP) is 3.66. The number of pyridine rings is 1. The van der Waals surface area contributed by atoms with E-state index in [-0.39, 0.29) is 5.91 Å². The van der Waals surface area contributed by atoms with Crippen LogP contribution < -0.4 is 4.74 Å². The van der Waals surface area contributed by atoms with Crippen molar-refractivity contribution in [1.29, 1.82) is 0 Å². The topological polar surface area (TPSA) is 63.5 Å². The monoisotopic (exact) mass is 447 g/mol. The number of methoxy groups -OCH3 is 1. The van der Waals surface area contributed by atoms with Gasteiger partial charge in [0.15, 0.2) is 5.65 Å². The van der Waals surface area contributed by atoms with E-state index in [0.29, 0.717) is 24.3 Å². The van der Waals surface area contributed by atoms with Crippen LogP contribution in [0.3, 0.4) is 0 Å². The maximum Gasteiger partial charge on any atom is 0.254 e. The summed E-state index contributed by atoms with van der Waals surface area (Å²) in [6, 6.07) is 13.9. The molecule has 0 aliphatic carbocycles. The van der Waals surface area contributed by atoms with Crippen LogP contribution in [0.5, 0.6) is 5.75 Å². The lowest BCUT2D eigenvalue weighted by atomic mass is 10.1. The van der Waals surface area contributed by atoms with E-state index in [1.54, 1.807) is 29.3 Å². The number of hydrogen-bond donors (Lipinski definition) is 0. The highest BCUT2D eigenvalue weighted by Crippen LogP contribution is 2.27. The number of amides is 1. The molecule has 0 bridgehead atoms. The summed E-state index contributed by atoms with van der Waals surface area (Å²) < 4.78 is 6.99. The van der Waals surface area contributed by atoms with Gasteiger partial charge in [0.2, 0.25) is 0 Å². The number of aryl methyl sites for hydroxylation is 1. The number of fused-ring (bicyclic) bond motifs is 1. The summed E-state index contributed by atoms with van der Waals surface area (Å²) >= 11 is 1.78. The molecule has 0 atom stereocenters. The zero-order chi connectivity index (χ0) is 22.1. The molecule has 1 aliphatic heterocycles. The second kappa shape index (κ2) is 8.72. The number of thiophene rings is 1. The van der Waals surface area contributed by atoms with Crippen LogP contribution in [0, 0.1) is 0 Å². The number of benzene rings is 1. The van der Waals surface area contributed by atoms with E-state index in [2.05, 4.69) is 27.5 Å². The Kier molecular flexibility index (Phi) is 5.63. The minimum atomic E-state index is 0.0379. The lowest BCUT2D eigenvalue weighted by molar-refractivity contribution is 0.0631. The smallest absolute Gasteiger partial charge is 0.254 e. The first-order chi connectivity index (χ1) is 15.6. The van der Waals surface area contributed by atoms with Gasteiger partial charge in [-0.2, -0.15) is 5.10 Å². The second-order valence-electron chi connectivity index (χ2n) is 7.94. The molecule has 164 valence electrons. The van der Waals surface area contributed by atoms with Gasteiger partial charge in [-0.3, -0.25) is 14.4 Å². The summed E-state index contributed by atoms with van der Waals surface area (Å²) in [5.74, 6) is 0.822. The molecule has 32 heavy (non-hydrogen) atoms. The summed E-state index contributed by atoms with van der Waals surface area (Å²) in [5, 5.41) is 7.25. The molecule has 4 heterocycles. The summed E-state index contributed by atoms with van der Waals surface area (Å²) in [7, 11) is 3.50. The summed E-state index contributed by atoms with van der Waals surface area (Å²) in [6.07, 6.45) is 1.74. The standard InChI is InChI=1S/C24H25N5O2S/c1-27-23-21(15-25-27)20(14-22(26-23)17-5-7-18(31-2)8-6-17)24(30)29-11-9-28(10-12-29)16-19-4-3-13-32-19/h3-8,13-15H,9-12,16H2,1-2H3. The first-order valence-corrected chi connectivity index (χ1v) is 11.5. The lowest BCUT2D eigenvalue weighted by Gasteiger charge is -2.34. The summed E-state index contributed by atoms with van der Waals surface area (Å²) in [6.45, 7) is 4.12. The molecule has 8 heteroatoms. The Morgan fingerprint density at radius 3 is 2.59 bits per heavy atom. The van der Waals surface area contributed by atoms with Crippen molar-refractivity contribution in [2.24, 2.45) is 7.05 Å². The number of carbonyl (C=O) groups is 1. The largest absolute Gasteiger partial charge is 0.497 e. The molecule has 0 spiro atoms. The number of piperazine rings is 1. The van der Waals surface area contributed by atoms with Crippen molar-refractivity contribution in [3.8, 4) is 17.0 Å². The molecule has 3 aromatic heterocycles. The first kappa shape index (κ1) is 20.7. The highest BCUT2D eigenvalue weighted by molar-refractivity contribution is 7.09. The van der Waals surface area contributed by atoms with Crippen LogP contribution in [0.2, 0.25) is 0 Å². The summed E-state index contributed by atoms with van der Waals surface area (Å²) in [5.41, 5.74) is 3.05. The minimum absolute atomic E-state index is 0.0379. The normalized spacial score (nSPS) is 14.8. The molecule has 0 N–H and O–H groups in total. The number of aromatic nitrogens is 3. The van der Waals surface area contributed by atoms with E-state index >= 15 is 0 Å². The van der Waals surface area contributed by atoms with Crippen molar-refractivity contribution < 1.29 is 9.53 Å². The van der Waals surface area contributed by atoms with Crippen molar-refractivity contribution in [3.05, 3.63) is 64.5 Å². The molecule has 1 fully saturated rings. The highest BCUT2D eigenvalue weighted by atomic mass is 32.1. The third kappa shape index (κ3) is 3.99. The Balaban J connectivity index is 1.41. The van der Waals surface area contributed by atoms with Crippen LogP contribution >= 0.6 is 11.3 Å². The Bertz CT molecular complexity index is 1230. The number of carbonyl (C=O) groups excluding carboxylic acids is 1. The third-order valence-corrected chi connectivity index (χ3v) is 6.80. The van der Waals surface area contributed by atoms with Crippen molar-refractivity contribution in [2.45, 2.75) is 6.54 Å². The molecule has 1 amide bonds. The molecule has 0 unspecified atom stereocenters. The number of ether oxygens (including phenoxy) is 1. The van der Waals surface area contributed by atoms with Crippen LogP contribution in [0.25, 0.3) is 22.3 Å². The maximum absolute atomic E-state index is 13.6. The molecule has 7 nitrogen and oxygen atoms in total. The van der Waals surface area contributed by atoms with Crippen molar-refractivity contribution in [1.82, 2.24) is 24.6 Å². The van der Waals surface area contributed by atoms with Gasteiger partial charge in [-0.15, -0.1) is 11.3 Å². The van der Waals surface area contributed by atoms with Crippen molar-refractivity contribution >= 4 is 28.3 Å². The van der Waals surface area contributed by atoms with E-state index in [1.807, 2.05) is 42.3 Å². The Labute approximate surface area is 190 Å². The van der Waals surface area contributed by atoms with Crippen molar-refractivity contribution in [3.63, 3.8) is 0 Å². The van der Waals surface area contributed by atoms with E-state index in [9.17, 15) is 4.79 Å². The molecule has 0 radical (unpaired) electrons. The van der Waals surface area contributed by atoms with Gasteiger partial charge in [0, 0.05) is 50.2 Å². The average molecular weight is 448 g/mol. The average Bonchev–Trinajstić information content (AvgIpc) is 3.48. The fraction of sp³-hybridized carbons (Fsp3) is 0.292. The Morgan fingerprint density at radius 1 is 1.12 bits per heavy atom. The SMILES string of the molecule is COc1ccc(-c2cc(C(=O)N3CCN(Cc4cccs4)CC3)c3cnn(C)c3n2)cc1. The quantitative estimate of drug-likeness (QED) is 0.467. The molecular formula is C24H25N5O2S. The van der Waals surface area contributed by atoms with E-state index in [4.69, 9.17) is 9.72 Å². The van der Waals surface area contributed by atoms with Gasteiger partial charge < -0.3 is 9.64 Å². The lowest BCUT2D eigenvalue weighted by Crippen LogP contribution is -2.48. The maximum atomic E-state index is 13.6. The molecule has 0 saturated carbocycles. The fourth-order valence-corrected chi connectivity index (χ4v) is 4.85. The Hall–Kier alpha value is -3.23. The van der Waals surface area contributed by atoms with Crippen molar-refractivity contribution in [2.75, 3.05) is 33.3 Å². The third-order valence-electron chi connectivity index (χ3n) is 5.94. The fourth-order valence-electron chi connectivity index (χ4n) is 4.10. The predicted molar refractivity (Wildman–Crippen MR) is 126 cm³/mol. The number of nitrogens with zero attached hydrogens (tertiary/aromatic N) is 5. The van der Waals surface area contributed by atoms with Crippen LogP contribution in [0.15, 0.2) is 54.0 Å².